The van der Waals surface area contributed by atoms with Gasteiger partial charge in [0, 0.05) is 31.2 Å². The van der Waals surface area contributed by atoms with Gasteiger partial charge in [0.15, 0.2) is 0 Å². The molecule has 0 aromatic heterocycles. The Kier molecular flexibility index (Phi) is 2.89. The third-order valence-electron chi connectivity index (χ3n) is 3.54. The lowest BCUT2D eigenvalue weighted by atomic mass is 10.0. The van der Waals surface area contributed by atoms with Crippen molar-refractivity contribution in [3.05, 3.63) is 23.8 Å². The standard InChI is InChI=1S/C13H17NO4/c15-9-1-2-10-11(6-18-12(10)5-9)14-7-13(16)3-4-17-8-13/h1-2,5,11,14-16H,3-4,6-8H2. The van der Waals surface area contributed by atoms with Crippen molar-refractivity contribution in [3.8, 4) is 11.5 Å². The predicted octanol–water partition coefficient (Wildman–Crippen LogP) is 0.567. The maximum atomic E-state index is 10.2. The molecule has 1 aromatic carbocycles. The van der Waals surface area contributed by atoms with Crippen molar-refractivity contribution >= 4 is 0 Å². The van der Waals surface area contributed by atoms with Gasteiger partial charge in [-0.15, -0.1) is 0 Å². The quantitative estimate of drug-likeness (QED) is 0.732. The van der Waals surface area contributed by atoms with E-state index in [1.807, 2.05) is 6.07 Å². The van der Waals surface area contributed by atoms with Crippen LogP contribution in [0.2, 0.25) is 0 Å². The Hall–Kier alpha value is -1.30. The van der Waals surface area contributed by atoms with E-state index in [9.17, 15) is 10.2 Å². The normalized spacial score (nSPS) is 30.2. The van der Waals surface area contributed by atoms with Gasteiger partial charge < -0.3 is 25.0 Å². The predicted molar refractivity (Wildman–Crippen MR) is 64.7 cm³/mol. The van der Waals surface area contributed by atoms with Crippen molar-refractivity contribution in [1.82, 2.24) is 5.32 Å². The van der Waals surface area contributed by atoms with Crippen molar-refractivity contribution in [3.63, 3.8) is 0 Å². The molecule has 2 aliphatic heterocycles. The van der Waals surface area contributed by atoms with Crippen molar-refractivity contribution in [2.75, 3.05) is 26.4 Å². The van der Waals surface area contributed by atoms with Crippen LogP contribution in [0, 0.1) is 0 Å². The zero-order chi connectivity index (χ0) is 12.6. The number of nitrogens with one attached hydrogen (secondary N) is 1. The molecule has 2 heterocycles. The van der Waals surface area contributed by atoms with Crippen molar-refractivity contribution in [1.29, 1.82) is 0 Å². The second-order valence-corrected chi connectivity index (χ2v) is 4.99. The van der Waals surface area contributed by atoms with Gasteiger partial charge >= 0.3 is 0 Å². The topological polar surface area (TPSA) is 71.0 Å². The van der Waals surface area contributed by atoms with E-state index in [4.69, 9.17) is 9.47 Å². The van der Waals surface area contributed by atoms with Crippen LogP contribution < -0.4 is 10.1 Å². The van der Waals surface area contributed by atoms with Crippen molar-refractivity contribution < 1.29 is 19.7 Å². The van der Waals surface area contributed by atoms with Crippen LogP contribution in [0.5, 0.6) is 11.5 Å². The number of hydrogen-bond donors (Lipinski definition) is 3. The van der Waals surface area contributed by atoms with E-state index >= 15 is 0 Å². The average Bonchev–Trinajstić information content (AvgIpc) is 2.93. The van der Waals surface area contributed by atoms with E-state index in [-0.39, 0.29) is 11.8 Å². The highest BCUT2D eigenvalue weighted by Crippen LogP contribution is 2.35. The van der Waals surface area contributed by atoms with Gasteiger partial charge in [-0.3, -0.25) is 0 Å². The highest BCUT2D eigenvalue weighted by Gasteiger charge is 2.34. The molecule has 5 heteroatoms. The lowest BCUT2D eigenvalue weighted by Crippen LogP contribution is -2.42. The summed E-state index contributed by atoms with van der Waals surface area (Å²) in [4.78, 5) is 0. The van der Waals surface area contributed by atoms with Gasteiger partial charge in [0.2, 0.25) is 0 Å². The summed E-state index contributed by atoms with van der Waals surface area (Å²) in [6.07, 6.45) is 0.663. The van der Waals surface area contributed by atoms with E-state index in [1.54, 1.807) is 12.1 Å². The fourth-order valence-electron chi connectivity index (χ4n) is 2.42. The number of phenolic OH excluding ortho intramolecular Hbond substituents is 1. The van der Waals surface area contributed by atoms with Gasteiger partial charge in [0.1, 0.15) is 23.7 Å². The summed E-state index contributed by atoms with van der Waals surface area (Å²) in [5, 5.41) is 22.8. The number of benzene rings is 1. The molecule has 0 radical (unpaired) electrons. The SMILES string of the molecule is Oc1ccc2c(c1)OCC2NCC1(O)CCOC1. The van der Waals surface area contributed by atoms with E-state index in [0.717, 1.165) is 5.56 Å². The summed E-state index contributed by atoms with van der Waals surface area (Å²) >= 11 is 0. The van der Waals surface area contributed by atoms with Crippen LogP contribution in [0.4, 0.5) is 0 Å². The van der Waals surface area contributed by atoms with Gasteiger partial charge in [-0.05, 0) is 12.1 Å². The van der Waals surface area contributed by atoms with Crippen molar-refractivity contribution in [2.45, 2.75) is 18.1 Å². The van der Waals surface area contributed by atoms with E-state index in [2.05, 4.69) is 5.32 Å². The van der Waals surface area contributed by atoms with Crippen LogP contribution in [0.1, 0.15) is 18.0 Å². The number of fused-ring (bicyclic) bond motifs is 1. The highest BCUT2D eigenvalue weighted by atomic mass is 16.5. The Balaban J connectivity index is 1.66. The third kappa shape index (κ3) is 2.16. The van der Waals surface area contributed by atoms with Gasteiger partial charge in [-0.2, -0.15) is 0 Å². The van der Waals surface area contributed by atoms with Crippen LogP contribution >= 0.6 is 0 Å². The zero-order valence-electron chi connectivity index (χ0n) is 10.1. The number of hydrogen-bond acceptors (Lipinski definition) is 5. The molecule has 1 aromatic rings. The second kappa shape index (κ2) is 4.42. The summed E-state index contributed by atoms with van der Waals surface area (Å²) in [5.74, 6) is 0.916. The molecule has 3 rings (SSSR count). The van der Waals surface area contributed by atoms with E-state index < -0.39 is 5.60 Å². The summed E-state index contributed by atoms with van der Waals surface area (Å²) < 4.78 is 10.7. The number of aliphatic hydroxyl groups is 1. The summed E-state index contributed by atoms with van der Waals surface area (Å²) in [7, 11) is 0. The Labute approximate surface area is 105 Å². The van der Waals surface area contributed by atoms with Crippen LogP contribution in [0.25, 0.3) is 0 Å². The minimum absolute atomic E-state index is 0.0604. The maximum absolute atomic E-state index is 10.2. The Morgan fingerprint density at radius 3 is 3.11 bits per heavy atom. The fraction of sp³-hybridized carbons (Fsp3) is 0.538. The lowest BCUT2D eigenvalue weighted by molar-refractivity contribution is 0.0242. The summed E-state index contributed by atoms with van der Waals surface area (Å²) in [5.41, 5.74) is 0.259. The number of ether oxygens (including phenoxy) is 2. The summed E-state index contributed by atoms with van der Waals surface area (Å²) in [6, 6.07) is 5.18. The number of rotatable bonds is 3. The largest absolute Gasteiger partial charge is 0.508 e. The molecule has 0 bridgehead atoms. The van der Waals surface area contributed by atoms with Crippen LogP contribution in [0.15, 0.2) is 18.2 Å². The number of aromatic hydroxyl groups is 1. The first-order valence-corrected chi connectivity index (χ1v) is 6.16. The fourth-order valence-corrected chi connectivity index (χ4v) is 2.42. The Morgan fingerprint density at radius 2 is 2.33 bits per heavy atom. The molecule has 18 heavy (non-hydrogen) atoms. The van der Waals surface area contributed by atoms with E-state index in [1.165, 1.54) is 0 Å². The molecule has 3 N–H and O–H groups in total. The summed E-state index contributed by atoms with van der Waals surface area (Å²) in [6.45, 7) is 2.01. The van der Waals surface area contributed by atoms with E-state index in [0.29, 0.717) is 38.5 Å². The molecule has 98 valence electrons. The molecular weight excluding hydrogens is 234 g/mol. The molecule has 0 amide bonds. The zero-order valence-corrected chi connectivity index (χ0v) is 10.1. The number of phenols is 1. The average molecular weight is 251 g/mol. The molecule has 0 saturated carbocycles. The smallest absolute Gasteiger partial charge is 0.127 e. The lowest BCUT2D eigenvalue weighted by Gasteiger charge is -2.23. The first-order valence-electron chi connectivity index (χ1n) is 6.16. The van der Waals surface area contributed by atoms with Crippen LogP contribution in [0.3, 0.4) is 0 Å². The van der Waals surface area contributed by atoms with Gasteiger partial charge in [-0.1, -0.05) is 0 Å². The molecular formula is C13H17NO4. The van der Waals surface area contributed by atoms with Crippen molar-refractivity contribution in [2.24, 2.45) is 0 Å². The molecule has 1 saturated heterocycles. The van der Waals surface area contributed by atoms with Gasteiger partial charge in [-0.25, -0.2) is 0 Å². The first kappa shape index (κ1) is 11.8. The molecule has 0 aliphatic carbocycles. The molecule has 0 spiro atoms. The minimum Gasteiger partial charge on any atom is -0.508 e. The maximum Gasteiger partial charge on any atom is 0.127 e. The van der Waals surface area contributed by atoms with Gasteiger partial charge in [0.05, 0.1) is 12.6 Å². The Morgan fingerprint density at radius 1 is 1.44 bits per heavy atom. The third-order valence-corrected chi connectivity index (χ3v) is 3.54. The second-order valence-electron chi connectivity index (χ2n) is 4.99. The molecule has 1 fully saturated rings. The molecule has 2 aliphatic rings. The van der Waals surface area contributed by atoms with Gasteiger partial charge in [0.25, 0.3) is 0 Å². The molecule has 2 atom stereocenters. The highest BCUT2D eigenvalue weighted by molar-refractivity contribution is 5.44. The molecule has 2 unspecified atom stereocenters. The van der Waals surface area contributed by atoms with Crippen LogP contribution in [-0.2, 0) is 4.74 Å². The Bertz CT molecular complexity index is 443. The minimum atomic E-state index is -0.764. The molecule has 5 nitrogen and oxygen atoms in total. The van der Waals surface area contributed by atoms with Crippen LogP contribution in [-0.4, -0.2) is 42.2 Å². The first-order chi connectivity index (χ1) is 8.66. The monoisotopic (exact) mass is 251 g/mol.